The van der Waals surface area contributed by atoms with Crippen LogP contribution in [0.5, 0.6) is 5.75 Å². The van der Waals surface area contributed by atoms with Crippen LogP contribution in [0, 0.1) is 0 Å². The summed E-state index contributed by atoms with van der Waals surface area (Å²) in [5.41, 5.74) is 0.724. The fourth-order valence-corrected chi connectivity index (χ4v) is 3.36. The van der Waals surface area contributed by atoms with Crippen LogP contribution in [0.4, 0.5) is 0 Å². The highest BCUT2D eigenvalue weighted by Gasteiger charge is 2.41. The van der Waals surface area contributed by atoms with Gasteiger partial charge in [-0.15, -0.1) is 6.58 Å². The van der Waals surface area contributed by atoms with Gasteiger partial charge in [-0.2, -0.15) is 0 Å². The first kappa shape index (κ1) is 15.1. The largest absolute Gasteiger partial charge is 0.508 e. The minimum absolute atomic E-state index is 0.266. The van der Waals surface area contributed by atoms with Crippen LogP contribution in [0.3, 0.4) is 0 Å². The molecule has 1 fully saturated rings. The Morgan fingerprint density at radius 3 is 2.95 bits per heavy atom. The maximum Gasteiger partial charge on any atom is 0.115 e. The second-order valence-corrected chi connectivity index (χ2v) is 5.74. The number of aliphatic hydroxyl groups is 1. The summed E-state index contributed by atoms with van der Waals surface area (Å²) in [6.45, 7) is 8.57. The lowest BCUT2D eigenvalue weighted by Crippen LogP contribution is -2.46. The van der Waals surface area contributed by atoms with Crippen LogP contribution in [0.1, 0.15) is 31.7 Å². The molecule has 3 heteroatoms. The summed E-state index contributed by atoms with van der Waals surface area (Å²) in [5.74, 6) is 0.266. The predicted molar refractivity (Wildman–Crippen MR) is 82.0 cm³/mol. The van der Waals surface area contributed by atoms with Gasteiger partial charge in [0.1, 0.15) is 5.75 Å². The van der Waals surface area contributed by atoms with Crippen molar-refractivity contribution in [3.8, 4) is 5.75 Å². The van der Waals surface area contributed by atoms with Crippen molar-refractivity contribution in [2.24, 2.45) is 0 Å². The maximum absolute atomic E-state index is 10.7. The molecule has 110 valence electrons. The molecule has 1 aliphatic rings. The number of aliphatic hydroxyl groups excluding tert-OH is 1. The molecule has 1 heterocycles. The normalized spacial score (nSPS) is 28.0. The average molecular weight is 275 g/mol. The van der Waals surface area contributed by atoms with Crippen molar-refractivity contribution in [2.45, 2.75) is 37.7 Å². The summed E-state index contributed by atoms with van der Waals surface area (Å²) < 4.78 is 0. The van der Waals surface area contributed by atoms with E-state index in [-0.39, 0.29) is 17.3 Å². The van der Waals surface area contributed by atoms with E-state index in [0.29, 0.717) is 0 Å². The number of hydrogen-bond donors (Lipinski definition) is 2. The molecule has 1 aromatic carbocycles. The fraction of sp³-hybridized carbons (Fsp3) is 0.529. The lowest BCUT2D eigenvalue weighted by Gasteiger charge is -2.39. The Morgan fingerprint density at radius 2 is 2.30 bits per heavy atom. The molecule has 20 heavy (non-hydrogen) atoms. The van der Waals surface area contributed by atoms with Crippen molar-refractivity contribution < 1.29 is 10.2 Å². The van der Waals surface area contributed by atoms with Crippen LogP contribution in [-0.4, -0.2) is 40.9 Å². The molecule has 0 saturated carbocycles. The number of phenols is 1. The molecule has 1 aliphatic heterocycles. The summed E-state index contributed by atoms with van der Waals surface area (Å²) in [4.78, 5) is 2.34. The van der Waals surface area contributed by atoms with E-state index in [1.807, 2.05) is 18.2 Å². The van der Waals surface area contributed by atoms with Gasteiger partial charge in [0.25, 0.3) is 0 Å². The van der Waals surface area contributed by atoms with E-state index in [0.717, 1.165) is 44.5 Å². The van der Waals surface area contributed by atoms with Crippen molar-refractivity contribution in [1.82, 2.24) is 4.90 Å². The number of rotatable bonds is 4. The third-order valence-electron chi connectivity index (χ3n) is 4.53. The molecule has 1 saturated heterocycles. The van der Waals surface area contributed by atoms with E-state index in [9.17, 15) is 10.2 Å². The Labute approximate surface area is 121 Å². The molecule has 0 spiro atoms. The molecule has 0 aliphatic carbocycles. The number of aromatic hydroxyl groups is 1. The van der Waals surface area contributed by atoms with Crippen LogP contribution in [-0.2, 0) is 5.41 Å². The third-order valence-corrected chi connectivity index (χ3v) is 4.53. The van der Waals surface area contributed by atoms with Crippen LogP contribution >= 0.6 is 0 Å². The second-order valence-electron chi connectivity index (χ2n) is 5.74. The van der Waals surface area contributed by atoms with Gasteiger partial charge in [0.2, 0.25) is 0 Å². The first-order valence-electron chi connectivity index (χ1n) is 7.43. The van der Waals surface area contributed by atoms with Crippen molar-refractivity contribution in [1.29, 1.82) is 0 Å². The Balaban J connectivity index is 2.40. The zero-order valence-electron chi connectivity index (χ0n) is 12.3. The molecule has 0 bridgehead atoms. The van der Waals surface area contributed by atoms with Gasteiger partial charge in [-0.1, -0.05) is 25.1 Å². The van der Waals surface area contributed by atoms with Gasteiger partial charge in [0.05, 0.1) is 6.10 Å². The third kappa shape index (κ3) is 2.89. The first-order chi connectivity index (χ1) is 9.62. The van der Waals surface area contributed by atoms with Crippen LogP contribution in [0.2, 0.25) is 0 Å². The van der Waals surface area contributed by atoms with Gasteiger partial charge in [-0.25, -0.2) is 0 Å². The number of phenolic OH excluding ortho intramolecular Hbond substituents is 1. The van der Waals surface area contributed by atoms with Crippen molar-refractivity contribution in [3.05, 3.63) is 42.5 Å². The number of benzene rings is 1. The highest BCUT2D eigenvalue weighted by atomic mass is 16.3. The number of hydrogen-bond acceptors (Lipinski definition) is 3. The van der Waals surface area contributed by atoms with Crippen LogP contribution in [0.25, 0.3) is 0 Å². The molecule has 2 unspecified atom stereocenters. The molecule has 0 amide bonds. The summed E-state index contributed by atoms with van der Waals surface area (Å²) in [7, 11) is 0. The molecule has 3 nitrogen and oxygen atoms in total. The zero-order valence-corrected chi connectivity index (χ0v) is 12.3. The minimum atomic E-state index is -0.371. The lowest BCUT2D eigenvalue weighted by molar-refractivity contribution is 0.0634. The van der Waals surface area contributed by atoms with E-state index in [1.54, 1.807) is 12.1 Å². The van der Waals surface area contributed by atoms with Crippen molar-refractivity contribution >= 4 is 0 Å². The quantitative estimate of drug-likeness (QED) is 0.830. The molecule has 1 aromatic rings. The van der Waals surface area contributed by atoms with E-state index >= 15 is 0 Å². The van der Waals surface area contributed by atoms with E-state index < -0.39 is 0 Å². The van der Waals surface area contributed by atoms with Gasteiger partial charge < -0.3 is 10.2 Å². The molecule has 2 N–H and O–H groups in total. The Morgan fingerprint density at radius 1 is 1.50 bits per heavy atom. The van der Waals surface area contributed by atoms with Crippen LogP contribution in [0.15, 0.2) is 36.9 Å². The van der Waals surface area contributed by atoms with Gasteiger partial charge in [0.15, 0.2) is 0 Å². The van der Waals surface area contributed by atoms with E-state index in [4.69, 9.17) is 0 Å². The zero-order chi connectivity index (χ0) is 14.6. The monoisotopic (exact) mass is 275 g/mol. The van der Waals surface area contributed by atoms with Crippen molar-refractivity contribution in [3.63, 3.8) is 0 Å². The molecule has 2 rings (SSSR count). The lowest BCUT2D eigenvalue weighted by atomic mass is 9.72. The number of likely N-dealkylation sites (tertiary alicyclic amines) is 1. The average Bonchev–Trinajstić information content (AvgIpc) is 2.59. The highest BCUT2D eigenvalue weighted by Crippen LogP contribution is 2.38. The number of nitrogens with zero attached hydrogens (tertiary/aromatic N) is 1. The minimum Gasteiger partial charge on any atom is -0.508 e. The Hall–Kier alpha value is -1.32. The van der Waals surface area contributed by atoms with Crippen LogP contribution < -0.4 is 0 Å². The molecule has 0 radical (unpaired) electrons. The standard InChI is InChI=1S/C17H25NO2/c1-3-10-18-11-6-9-16(20)17(4-2,13-18)14-7-5-8-15(19)12-14/h3,5,7-8,12,16,19-20H,1,4,6,9-11,13H2,2H3. The van der Waals surface area contributed by atoms with Crippen molar-refractivity contribution in [2.75, 3.05) is 19.6 Å². The Kier molecular flexibility index (Phi) is 4.84. The Bertz CT molecular complexity index is 460. The van der Waals surface area contributed by atoms with Gasteiger partial charge in [0, 0.05) is 18.5 Å². The summed E-state index contributed by atoms with van der Waals surface area (Å²) in [6.07, 6.45) is 4.20. The first-order valence-corrected chi connectivity index (χ1v) is 7.43. The van der Waals surface area contributed by atoms with E-state index in [1.165, 1.54) is 0 Å². The smallest absolute Gasteiger partial charge is 0.115 e. The summed E-state index contributed by atoms with van der Waals surface area (Å²) in [5, 5.41) is 20.5. The second kappa shape index (κ2) is 6.42. The summed E-state index contributed by atoms with van der Waals surface area (Å²) in [6, 6.07) is 7.35. The summed E-state index contributed by atoms with van der Waals surface area (Å²) >= 11 is 0. The fourth-order valence-electron chi connectivity index (χ4n) is 3.36. The molecular weight excluding hydrogens is 250 g/mol. The predicted octanol–water partition coefficient (Wildman–Crippen LogP) is 2.68. The molecule has 2 atom stereocenters. The van der Waals surface area contributed by atoms with E-state index in [2.05, 4.69) is 18.4 Å². The topological polar surface area (TPSA) is 43.7 Å². The molecular formula is C17H25NO2. The molecule has 0 aromatic heterocycles. The van der Waals surface area contributed by atoms with Gasteiger partial charge in [-0.3, -0.25) is 4.90 Å². The maximum atomic E-state index is 10.7. The SMILES string of the molecule is C=CCN1CCCC(O)C(CC)(c2cccc(O)c2)C1. The highest BCUT2D eigenvalue weighted by molar-refractivity contribution is 5.35. The van der Waals surface area contributed by atoms with Gasteiger partial charge >= 0.3 is 0 Å². The van der Waals surface area contributed by atoms with Gasteiger partial charge in [-0.05, 0) is 43.5 Å².